The van der Waals surface area contributed by atoms with Crippen molar-refractivity contribution in [3.8, 4) is 5.75 Å². The second kappa shape index (κ2) is 6.60. The number of hydrogen-bond donors (Lipinski definition) is 2. The number of aromatic nitrogens is 2. The molecule has 1 aliphatic rings. The Labute approximate surface area is 140 Å². The number of nitrogens with zero attached hydrogens (tertiary/aromatic N) is 2. The molecular weight excluding hydrogens is 310 g/mol. The maximum absolute atomic E-state index is 12.5. The van der Waals surface area contributed by atoms with Crippen molar-refractivity contribution >= 4 is 5.91 Å². The van der Waals surface area contributed by atoms with Crippen LogP contribution in [0.2, 0.25) is 0 Å². The first-order valence-corrected chi connectivity index (χ1v) is 8.02. The zero-order valence-electron chi connectivity index (χ0n) is 13.8. The van der Waals surface area contributed by atoms with Crippen molar-refractivity contribution in [3.63, 3.8) is 0 Å². The molecule has 3 rings (SSSR count). The summed E-state index contributed by atoms with van der Waals surface area (Å²) >= 11 is 0. The largest absolute Gasteiger partial charge is 0.481 e. The van der Waals surface area contributed by atoms with Gasteiger partial charge < -0.3 is 19.7 Å². The first kappa shape index (κ1) is 16.4. The quantitative estimate of drug-likeness (QED) is 0.838. The number of aliphatic hydroxyl groups excluding tert-OH is 1. The lowest BCUT2D eigenvalue weighted by Gasteiger charge is -2.40. The third kappa shape index (κ3) is 3.26. The smallest absolute Gasteiger partial charge is 0.261 e. The lowest BCUT2D eigenvalue weighted by molar-refractivity contribution is -0.130. The lowest BCUT2D eigenvalue weighted by atomic mass is 9.76. The van der Waals surface area contributed by atoms with Gasteiger partial charge in [-0.05, 0) is 43.9 Å². The molecular formula is C17H21N3O4. The molecule has 0 saturated heterocycles. The molecule has 0 aliphatic heterocycles. The van der Waals surface area contributed by atoms with Gasteiger partial charge in [0.2, 0.25) is 5.89 Å². The average Bonchev–Trinajstić information content (AvgIpc) is 2.97. The first-order chi connectivity index (χ1) is 11.5. The minimum atomic E-state index is -0.676. The summed E-state index contributed by atoms with van der Waals surface area (Å²) in [6.07, 6.45) is 1.89. The highest BCUT2D eigenvalue weighted by atomic mass is 16.5. The van der Waals surface area contributed by atoms with Crippen LogP contribution in [0.5, 0.6) is 5.75 Å². The average molecular weight is 331 g/mol. The molecule has 0 unspecified atom stereocenters. The predicted molar refractivity (Wildman–Crippen MR) is 85.2 cm³/mol. The Morgan fingerprint density at radius 3 is 2.88 bits per heavy atom. The van der Waals surface area contributed by atoms with Gasteiger partial charge in [0.1, 0.15) is 11.3 Å². The Bertz CT molecular complexity index is 724. The predicted octanol–water partition coefficient (Wildman–Crippen LogP) is 1.83. The number of aliphatic hydroxyl groups is 1. The Hall–Kier alpha value is -2.41. The number of aryl methyl sites for hydroxylation is 1. The first-order valence-electron chi connectivity index (χ1n) is 8.02. The SMILES string of the molecule is Cc1nc(C2(NC(=O)[C@H](C)Oc3cccc(CO)c3)CCC2)no1. The maximum Gasteiger partial charge on any atom is 0.261 e. The summed E-state index contributed by atoms with van der Waals surface area (Å²) in [6, 6.07) is 7.04. The van der Waals surface area contributed by atoms with Gasteiger partial charge in [-0.3, -0.25) is 4.79 Å². The van der Waals surface area contributed by atoms with Gasteiger partial charge in [0, 0.05) is 6.92 Å². The molecule has 2 aromatic rings. The summed E-state index contributed by atoms with van der Waals surface area (Å²) in [5.74, 6) is 1.32. The molecule has 2 N–H and O–H groups in total. The van der Waals surface area contributed by atoms with E-state index in [1.54, 1.807) is 38.1 Å². The van der Waals surface area contributed by atoms with Gasteiger partial charge in [-0.1, -0.05) is 17.3 Å². The molecule has 1 aromatic carbocycles. The van der Waals surface area contributed by atoms with Crippen LogP contribution in [0.1, 0.15) is 43.5 Å². The Balaban J connectivity index is 1.67. The molecule has 0 bridgehead atoms. The van der Waals surface area contributed by atoms with E-state index in [0.29, 0.717) is 17.5 Å². The molecule has 1 fully saturated rings. The number of hydrogen-bond acceptors (Lipinski definition) is 6. The fourth-order valence-electron chi connectivity index (χ4n) is 2.74. The number of carbonyl (C=O) groups is 1. The van der Waals surface area contributed by atoms with Crippen LogP contribution in [0.4, 0.5) is 0 Å². The molecule has 1 aliphatic carbocycles. The molecule has 1 amide bonds. The highest BCUT2D eigenvalue weighted by Gasteiger charge is 2.44. The van der Waals surface area contributed by atoms with Gasteiger partial charge >= 0.3 is 0 Å². The van der Waals surface area contributed by atoms with Gasteiger partial charge in [0.05, 0.1) is 6.61 Å². The second-order valence-corrected chi connectivity index (χ2v) is 6.13. The molecule has 1 heterocycles. The van der Waals surface area contributed by atoms with E-state index >= 15 is 0 Å². The van der Waals surface area contributed by atoms with Crippen LogP contribution in [0.15, 0.2) is 28.8 Å². The number of nitrogens with one attached hydrogen (secondary N) is 1. The minimum absolute atomic E-state index is 0.0714. The number of amides is 1. The number of benzene rings is 1. The Morgan fingerprint density at radius 1 is 1.50 bits per heavy atom. The molecule has 7 nitrogen and oxygen atoms in total. The lowest BCUT2D eigenvalue weighted by Crippen LogP contribution is -2.54. The zero-order chi connectivity index (χ0) is 17.2. The van der Waals surface area contributed by atoms with Crippen molar-refractivity contribution in [2.24, 2.45) is 0 Å². The van der Waals surface area contributed by atoms with Crippen molar-refractivity contribution in [1.82, 2.24) is 15.5 Å². The van der Waals surface area contributed by atoms with Crippen LogP contribution in [-0.2, 0) is 16.9 Å². The number of ether oxygens (including phenoxy) is 1. The monoisotopic (exact) mass is 331 g/mol. The van der Waals surface area contributed by atoms with Crippen LogP contribution in [0, 0.1) is 6.92 Å². The third-order valence-electron chi connectivity index (χ3n) is 4.29. The third-order valence-corrected chi connectivity index (χ3v) is 4.29. The van der Waals surface area contributed by atoms with Crippen molar-refractivity contribution < 1.29 is 19.2 Å². The topological polar surface area (TPSA) is 97.5 Å². The number of carbonyl (C=O) groups excluding carboxylic acids is 1. The molecule has 1 atom stereocenters. The molecule has 24 heavy (non-hydrogen) atoms. The summed E-state index contributed by atoms with van der Waals surface area (Å²) in [5, 5.41) is 16.1. The minimum Gasteiger partial charge on any atom is -0.481 e. The Morgan fingerprint density at radius 2 is 2.29 bits per heavy atom. The van der Waals surface area contributed by atoms with Crippen molar-refractivity contribution in [2.75, 3.05) is 0 Å². The molecule has 0 spiro atoms. The molecule has 1 saturated carbocycles. The summed E-state index contributed by atoms with van der Waals surface area (Å²) < 4.78 is 10.7. The summed E-state index contributed by atoms with van der Waals surface area (Å²) in [6.45, 7) is 3.34. The summed E-state index contributed by atoms with van der Waals surface area (Å²) in [5.41, 5.74) is 0.178. The van der Waals surface area contributed by atoms with Gasteiger partial charge in [-0.15, -0.1) is 0 Å². The zero-order valence-corrected chi connectivity index (χ0v) is 13.8. The van der Waals surface area contributed by atoms with E-state index in [1.165, 1.54) is 0 Å². The van der Waals surface area contributed by atoms with Crippen molar-refractivity contribution in [1.29, 1.82) is 0 Å². The van der Waals surface area contributed by atoms with E-state index in [9.17, 15) is 4.79 Å². The fraction of sp³-hybridized carbons (Fsp3) is 0.471. The van der Waals surface area contributed by atoms with E-state index < -0.39 is 11.6 Å². The van der Waals surface area contributed by atoms with E-state index in [2.05, 4.69) is 15.5 Å². The highest BCUT2D eigenvalue weighted by molar-refractivity contribution is 5.81. The standard InChI is InChI=1S/C17H21N3O4/c1-11(23-14-6-3-5-13(9-14)10-21)15(22)19-17(7-4-8-17)16-18-12(2)24-20-16/h3,5-6,9,11,21H,4,7-8,10H2,1-2H3,(H,19,22)/t11-/m0/s1. The Kier molecular flexibility index (Phi) is 4.53. The fourth-order valence-corrected chi connectivity index (χ4v) is 2.74. The normalized spacial score (nSPS) is 17.0. The molecule has 1 aromatic heterocycles. The molecule has 7 heteroatoms. The summed E-state index contributed by atoms with van der Waals surface area (Å²) in [4.78, 5) is 16.8. The van der Waals surface area contributed by atoms with E-state index in [4.69, 9.17) is 14.4 Å². The van der Waals surface area contributed by atoms with Crippen molar-refractivity contribution in [2.45, 2.75) is 51.4 Å². The summed E-state index contributed by atoms with van der Waals surface area (Å²) in [7, 11) is 0. The van der Waals surface area contributed by atoms with Gasteiger partial charge in [0.15, 0.2) is 11.9 Å². The van der Waals surface area contributed by atoms with Crippen LogP contribution in [-0.4, -0.2) is 27.3 Å². The van der Waals surface area contributed by atoms with Crippen molar-refractivity contribution in [3.05, 3.63) is 41.5 Å². The van der Waals surface area contributed by atoms with E-state index in [-0.39, 0.29) is 12.5 Å². The molecule has 0 radical (unpaired) electrons. The van der Waals surface area contributed by atoms with E-state index in [1.807, 2.05) is 0 Å². The van der Waals surface area contributed by atoms with Gasteiger partial charge in [-0.25, -0.2) is 0 Å². The molecule has 128 valence electrons. The highest BCUT2D eigenvalue weighted by Crippen LogP contribution is 2.39. The van der Waals surface area contributed by atoms with Gasteiger partial charge in [0.25, 0.3) is 5.91 Å². The van der Waals surface area contributed by atoms with Crippen LogP contribution < -0.4 is 10.1 Å². The van der Waals surface area contributed by atoms with Gasteiger partial charge in [-0.2, -0.15) is 4.98 Å². The van der Waals surface area contributed by atoms with Crippen LogP contribution in [0.3, 0.4) is 0 Å². The maximum atomic E-state index is 12.5. The van der Waals surface area contributed by atoms with Crippen LogP contribution >= 0.6 is 0 Å². The second-order valence-electron chi connectivity index (χ2n) is 6.13. The number of rotatable bonds is 6. The van der Waals surface area contributed by atoms with E-state index in [0.717, 1.165) is 24.8 Å². The van der Waals surface area contributed by atoms with Crippen LogP contribution in [0.25, 0.3) is 0 Å².